The number of hydrogen-bond donors (Lipinski definition) is 2. The van der Waals surface area contributed by atoms with Crippen LogP contribution in [0.5, 0.6) is 0 Å². The number of rotatable bonds is 5. The van der Waals surface area contributed by atoms with Gasteiger partial charge in [0.25, 0.3) is 0 Å². The monoisotopic (exact) mass is 242 g/mol. The quantitative estimate of drug-likeness (QED) is 0.777. The summed E-state index contributed by atoms with van der Waals surface area (Å²) in [6, 6.07) is 0.301. The Morgan fingerprint density at radius 2 is 2.12 bits per heavy atom. The van der Waals surface area contributed by atoms with E-state index in [2.05, 4.69) is 33.0 Å². The minimum Gasteiger partial charge on any atom is -0.380 e. The molecule has 0 spiro atoms. The van der Waals surface area contributed by atoms with Crippen LogP contribution in [0.25, 0.3) is 0 Å². The predicted octanol–water partition coefficient (Wildman–Crippen LogP) is 2.30. The molecule has 1 heterocycles. The largest absolute Gasteiger partial charge is 0.380 e. The predicted molar refractivity (Wildman–Crippen MR) is 73.1 cm³/mol. The molecule has 1 aliphatic heterocycles. The molecule has 0 radical (unpaired) electrons. The van der Waals surface area contributed by atoms with Gasteiger partial charge in [-0.1, -0.05) is 20.8 Å². The van der Waals surface area contributed by atoms with Crippen molar-refractivity contribution in [2.24, 2.45) is 11.1 Å². The molecule has 0 aromatic heterocycles. The van der Waals surface area contributed by atoms with Crippen molar-refractivity contribution in [1.82, 2.24) is 5.32 Å². The summed E-state index contributed by atoms with van der Waals surface area (Å²) in [6.07, 6.45) is 4.51. The molecule has 3 N–H and O–H groups in total. The molecule has 0 amide bonds. The first-order valence-electron chi connectivity index (χ1n) is 6.89. The summed E-state index contributed by atoms with van der Waals surface area (Å²) in [4.78, 5) is 0. The van der Waals surface area contributed by atoms with Crippen LogP contribution in [-0.4, -0.2) is 31.3 Å². The van der Waals surface area contributed by atoms with E-state index < -0.39 is 0 Å². The Bertz CT molecular complexity index is 217. The van der Waals surface area contributed by atoms with Crippen LogP contribution in [-0.2, 0) is 4.74 Å². The fourth-order valence-electron chi connectivity index (χ4n) is 2.52. The summed E-state index contributed by atoms with van der Waals surface area (Å²) >= 11 is 0. The van der Waals surface area contributed by atoms with E-state index >= 15 is 0 Å². The average Bonchev–Trinajstić information content (AvgIpc) is 2.15. The Labute approximate surface area is 106 Å². The first-order valence-corrected chi connectivity index (χ1v) is 6.89. The van der Waals surface area contributed by atoms with E-state index in [-0.39, 0.29) is 5.54 Å². The lowest BCUT2D eigenvalue weighted by Gasteiger charge is -2.35. The highest BCUT2D eigenvalue weighted by Gasteiger charge is 2.26. The van der Waals surface area contributed by atoms with Gasteiger partial charge in [-0.05, 0) is 44.6 Å². The van der Waals surface area contributed by atoms with Gasteiger partial charge in [0, 0.05) is 18.2 Å². The Hall–Kier alpha value is -0.120. The fourth-order valence-corrected chi connectivity index (χ4v) is 2.52. The second kappa shape index (κ2) is 6.17. The molecule has 1 aliphatic rings. The molecule has 1 rings (SSSR count). The standard InChI is InChI=1S/C14H30N2O/c1-13(2,3)10-12(15)6-8-16-14(4)7-5-9-17-11-14/h12,16H,5-11,15H2,1-4H3. The van der Waals surface area contributed by atoms with Gasteiger partial charge in [-0.15, -0.1) is 0 Å². The van der Waals surface area contributed by atoms with E-state index in [0.717, 1.165) is 39.0 Å². The molecule has 17 heavy (non-hydrogen) atoms. The van der Waals surface area contributed by atoms with Gasteiger partial charge in [-0.25, -0.2) is 0 Å². The zero-order chi connectivity index (χ0) is 12.9. The highest BCUT2D eigenvalue weighted by atomic mass is 16.5. The zero-order valence-corrected chi connectivity index (χ0v) is 12.0. The third kappa shape index (κ3) is 6.39. The van der Waals surface area contributed by atoms with E-state index in [4.69, 9.17) is 10.5 Å². The van der Waals surface area contributed by atoms with Crippen molar-refractivity contribution in [1.29, 1.82) is 0 Å². The van der Waals surface area contributed by atoms with Gasteiger partial charge in [-0.2, -0.15) is 0 Å². The van der Waals surface area contributed by atoms with E-state index in [1.165, 1.54) is 6.42 Å². The van der Waals surface area contributed by atoms with Crippen molar-refractivity contribution in [3.05, 3.63) is 0 Å². The van der Waals surface area contributed by atoms with Crippen molar-refractivity contribution < 1.29 is 4.74 Å². The maximum absolute atomic E-state index is 6.15. The molecular formula is C14H30N2O. The first-order chi connectivity index (χ1) is 7.81. The van der Waals surface area contributed by atoms with Crippen LogP contribution in [0.4, 0.5) is 0 Å². The van der Waals surface area contributed by atoms with E-state index in [0.29, 0.717) is 11.5 Å². The minimum absolute atomic E-state index is 0.166. The molecule has 0 saturated carbocycles. The van der Waals surface area contributed by atoms with Crippen LogP contribution < -0.4 is 11.1 Å². The van der Waals surface area contributed by atoms with Crippen molar-refractivity contribution in [3.8, 4) is 0 Å². The number of nitrogens with two attached hydrogens (primary N) is 1. The molecule has 3 nitrogen and oxygen atoms in total. The smallest absolute Gasteiger partial charge is 0.0645 e. The first kappa shape index (κ1) is 14.9. The number of ether oxygens (including phenoxy) is 1. The van der Waals surface area contributed by atoms with Crippen LogP contribution in [0.15, 0.2) is 0 Å². The lowest BCUT2D eigenvalue weighted by Crippen LogP contribution is -2.50. The SMILES string of the molecule is CC(C)(C)CC(N)CCNC1(C)CCCOC1. The minimum atomic E-state index is 0.166. The molecule has 102 valence electrons. The molecular weight excluding hydrogens is 212 g/mol. The molecule has 1 fully saturated rings. The van der Waals surface area contributed by atoms with E-state index in [9.17, 15) is 0 Å². The van der Waals surface area contributed by atoms with Gasteiger partial charge in [0.2, 0.25) is 0 Å². The van der Waals surface area contributed by atoms with E-state index in [1.807, 2.05) is 0 Å². The van der Waals surface area contributed by atoms with Crippen molar-refractivity contribution in [2.75, 3.05) is 19.8 Å². The molecule has 2 unspecified atom stereocenters. The normalized spacial score (nSPS) is 28.1. The maximum Gasteiger partial charge on any atom is 0.0645 e. The second-order valence-electron chi connectivity index (χ2n) is 6.96. The Balaban J connectivity index is 2.18. The third-order valence-electron chi connectivity index (χ3n) is 3.38. The molecule has 1 saturated heterocycles. The fraction of sp³-hybridized carbons (Fsp3) is 1.00. The van der Waals surface area contributed by atoms with Crippen molar-refractivity contribution in [3.63, 3.8) is 0 Å². The van der Waals surface area contributed by atoms with Gasteiger partial charge in [-0.3, -0.25) is 0 Å². The van der Waals surface area contributed by atoms with Crippen LogP contribution in [0.2, 0.25) is 0 Å². The summed E-state index contributed by atoms with van der Waals surface area (Å²) < 4.78 is 5.53. The van der Waals surface area contributed by atoms with Gasteiger partial charge in [0.05, 0.1) is 6.61 Å². The Morgan fingerprint density at radius 3 is 2.65 bits per heavy atom. The van der Waals surface area contributed by atoms with Gasteiger partial charge >= 0.3 is 0 Å². The van der Waals surface area contributed by atoms with Crippen LogP contribution in [0.1, 0.15) is 53.4 Å². The number of hydrogen-bond acceptors (Lipinski definition) is 3. The Kier molecular flexibility index (Phi) is 5.42. The number of nitrogens with one attached hydrogen (secondary N) is 1. The topological polar surface area (TPSA) is 47.3 Å². The van der Waals surface area contributed by atoms with Gasteiger partial charge < -0.3 is 15.8 Å². The molecule has 0 aliphatic carbocycles. The molecule has 0 aromatic rings. The maximum atomic E-state index is 6.15. The summed E-state index contributed by atoms with van der Waals surface area (Å²) in [6.45, 7) is 11.7. The second-order valence-corrected chi connectivity index (χ2v) is 6.96. The highest BCUT2D eigenvalue weighted by Crippen LogP contribution is 2.21. The lowest BCUT2D eigenvalue weighted by atomic mass is 9.87. The molecule has 0 bridgehead atoms. The van der Waals surface area contributed by atoms with Crippen LogP contribution in [0, 0.1) is 5.41 Å². The third-order valence-corrected chi connectivity index (χ3v) is 3.38. The Morgan fingerprint density at radius 1 is 1.41 bits per heavy atom. The highest BCUT2D eigenvalue weighted by molar-refractivity contribution is 4.86. The van der Waals surface area contributed by atoms with Crippen LogP contribution >= 0.6 is 0 Å². The molecule has 0 aromatic carbocycles. The van der Waals surface area contributed by atoms with Crippen molar-refractivity contribution >= 4 is 0 Å². The van der Waals surface area contributed by atoms with Gasteiger partial charge in [0.15, 0.2) is 0 Å². The molecule has 2 atom stereocenters. The summed E-state index contributed by atoms with van der Waals surface area (Å²) in [7, 11) is 0. The van der Waals surface area contributed by atoms with E-state index in [1.54, 1.807) is 0 Å². The summed E-state index contributed by atoms with van der Waals surface area (Å²) in [5.41, 5.74) is 6.64. The lowest BCUT2D eigenvalue weighted by molar-refractivity contribution is 0.0283. The average molecular weight is 242 g/mol. The van der Waals surface area contributed by atoms with Gasteiger partial charge in [0.1, 0.15) is 0 Å². The molecule has 3 heteroatoms. The van der Waals surface area contributed by atoms with Crippen molar-refractivity contribution in [2.45, 2.75) is 65.0 Å². The van der Waals surface area contributed by atoms with Crippen LogP contribution in [0.3, 0.4) is 0 Å². The summed E-state index contributed by atoms with van der Waals surface area (Å²) in [5.74, 6) is 0. The summed E-state index contributed by atoms with van der Waals surface area (Å²) in [5, 5.41) is 3.61. The zero-order valence-electron chi connectivity index (χ0n) is 12.0.